The molecule has 2 heterocycles. The lowest BCUT2D eigenvalue weighted by Gasteiger charge is -2.11. The molecule has 33 heavy (non-hydrogen) atoms. The number of halogens is 3. The second kappa shape index (κ2) is 9.57. The van der Waals surface area contributed by atoms with Crippen molar-refractivity contribution in [3.8, 4) is 28.5 Å². The molecule has 0 atom stereocenters. The lowest BCUT2D eigenvalue weighted by atomic mass is 10.1. The highest BCUT2D eigenvalue weighted by molar-refractivity contribution is 7.99. The number of fused-ring (bicyclic) bond motifs is 1. The van der Waals surface area contributed by atoms with Crippen LogP contribution < -0.4 is 19.5 Å². The van der Waals surface area contributed by atoms with E-state index in [4.69, 9.17) is 14.2 Å². The van der Waals surface area contributed by atoms with Crippen LogP contribution in [0.15, 0.2) is 53.7 Å². The number of hydrogen-bond donors (Lipinski definition) is 1. The molecule has 0 fully saturated rings. The van der Waals surface area contributed by atoms with Crippen molar-refractivity contribution < 1.29 is 32.2 Å². The molecular weight excluding hydrogens is 459 g/mol. The Bertz CT molecular complexity index is 1160. The van der Waals surface area contributed by atoms with Gasteiger partial charge in [0.15, 0.2) is 16.7 Å². The van der Waals surface area contributed by atoms with Crippen LogP contribution in [0.3, 0.4) is 0 Å². The molecule has 0 unspecified atom stereocenters. The molecule has 0 spiro atoms. The zero-order valence-corrected chi connectivity index (χ0v) is 18.1. The highest BCUT2D eigenvalue weighted by Crippen LogP contribution is 2.37. The number of nitrogens with one attached hydrogen (secondary N) is 1. The average Bonchev–Trinajstić information content (AvgIpc) is 3.27. The molecule has 3 aromatic rings. The number of anilines is 1. The van der Waals surface area contributed by atoms with E-state index in [0.29, 0.717) is 28.5 Å². The van der Waals surface area contributed by atoms with Crippen molar-refractivity contribution in [1.29, 1.82) is 0 Å². The first-order valence-electron chi connectivity index (χ1n) is 9.75. The maximum Gasteiger partial charge on any atom is 0.433 e. The summed E-state index contributed by atoms with van der Waals surface area (Å²) in [6.45, 7) is 0.0516. The molecule has 1 N–H and O–H groups in total. The fourth-order valence-electron chi connectivity index (χ4n) is 2.97. The summed E-state index contributed by atoms with van der Waals surface area (Å²) in [6.07, 6.45) is -4.58. The molecule has 7 nitrogen and oxygen atoms in total. The first kappa shape index (κ1) is 22.7. The van der Waals surface area contributed by atoms with Gasteiger partial charge in [-0.2, -0.15) is 13.2 Å². The summed E-state index contributed by atoms with van der Waals surface area (Å²) < 4.78 is 55.8. The average molecular weight is 477 g/mol. The Balaban J connectivity index is 1.45. The van der Waals surface area contributed by atoms with E-state index in [1.807, 2.05) is 0 Å². The number of methoxy groups -OCH3 is 1. The van der Waals surface area contributed by atoms with Gasteiger partial charge in [0.25, 0.3) is 0 Å². The van der Waals surface area contributed by atoms with Crippen molar-refractivity contribution in [2.45, 2.75) is 17.8 Å². The predicted molar refractivity (Wildman–Crippen MR) is 116 cm³/mol. The Morgan fingerprint density at radius 2 is 1.85 bits per heavy atom. The number of nitrogens with zero attached hydrogens (tertiary/aromatic N) is 2. The standard InChI is InChI=1S/C22H18F3N3O4S/c1-30-15-5-3-14(4-6-15)26-20(29)8-9-33-21-27-16(11-19(28-21)22(23,24)25)13-2-7-17-18(10-13)32-12-31-17/h2-7,10-11H,8-9,12H2,1H3,(H,26,29). The highest BCUT2D eigenvalue weighted by Gasteiger charge is 2.34. The minimum Gasteiger partial charge on any atom is -0.497 e. The zero-order chi connectivity index (χ0) is 23.4. The van der Waals surface area contributed by atoms with Crippen LogP contribution in [0.25, 0.3) is 11.3 Å². The number of thioether (sulfide) groups is 1. The summed E-state index contributed by atoms with van der Waals surface area (Å²) in [5.74, 6) is 1.52. The van der Waals surface area contributed by atoms with Crippen LogP contribution in [0.4, 0.5) is 18.9 Å². The summed E-state index contributed by atoms with van der Waals surface area (Å²) >= 11 is 0.971. The molecule has 1 aliphatic rings. The van der Waals surface area contributed by atoms with E-state index in [9.17, 15) is 18.0 Å². The van der Waals surface area contributed by atoms with Gasteiger partial charge in [-0.3, -0.25) is 4.79 Å². The van der Waals surface area contributed by atoms with Gasteiger partial charge in [-0.25, -0.2) is 9.97 Å². The number of carbonyl (C=O) groups excluding carboxylic acids is 1. The second-order valence-corrected chi connectivity index (χ2v) is 7.92. The van der Waals surface area contributed by atoms with Gasteiger partial charge in [0.2, 0.25) is 12.7 Å². The Morgan fingerprint density at radius 1 is 1.09 bits per heavy atom. The zero-order valence-electron chi connectivity index (χ0n) is 17.3. The number of amides is 1. The number of hydrogen-bond acceptors (Lipinski definition) is 7. The van der Waals surface area contributed by atoms with Crippen LogP contribution in [0.2, 0.25) is 0 Å². The maximum absolute atomic E-state index is 13.4. The van der Waals surface area contributed by atoms with Crippen LogP contribution in [-0.2, 0) is 11.0 Å². The molecule has 0 bridgehead atoms. The smallest absolute Gasteiger partial charge is 0.433 e. The van der Waals surface area contributed by atoms with Gasteiger partial charge in [0.1, 0.15) is 11.4 Å². The monoisotopic (exact) mass is 477 g/mol. The number of rotatable bonds is 7. The number of carbonyl (C=O) groups is 1. The number of alkyl halides is 3. The van der Waals surface area contributed by atoms with E-state index in [1.165, 1.54) is 0 Å². The third-order valence-electron chi connectivity index (χ3n) is 4.60. The number of ether oxygens (including phenoxy) is 3. The minimum absolute atomic E-state index is 0.0516. The third kappa shape index (κ3) is 5.67. The van der Waals surface area contributed by atoms with Gasteiger partial charge in [0.05, 0.1) is 12.8 Å². The molecule has 4 rings (SSSR count). The predicted octanol–water partition coefficient (Wildman–Crippen LogP) is 5.02. The Labute approximate surface area is 191 Å². The first-order valence-corrected chi connectivity index (χ1v) is 10.7. The SMILES string of the molecule is COc1ccc(NC(=O)CCSc2nc(-c3ccc4c(c3)OCO4)cc(C(F)(F)F)n2)cc1. The molecule has 11 heteroatoms. The molecule has 0 saturated heterocycles. The summed E-state index contributed by atoms with van der Waals surface area (Å²) in [5.41, 5.74) is 0.0635. The Hall–Kier alpha value is -3.47. The highest BCUT2D eigenvalue weighted by atomic mass is 32.2. The normalized spacial score (nSPS) is 12.5. The van der Waals surface area contributed by atoms with Crippen LogP contribution in [0.1, 0.15) is 12.1 Å². The van der Waals surface area contributed by atoms with Gasteiger partial charge in [-0.1, -0.05) is 11.8 Å². The Kier molecular flexibility index (Phi) is 6.59. The van der Waals surface area contributed by atoms with Gasteiger partial charge in [-0.15, -0.1) is 0 Å². The fourth-order valence-corrected chi connectivity index (χ4v) is 3.77. The van der Waals surface area contributed by atoms with E-state index in [0.717, 1.165) is 17.8 Å². The quantitative estimate of drug-likeness (QED) is 0.378. The molecule has 1 aliphatic heterocycles. The summed E-state index contributed by atoms with van der Waals surface area (Å²) in [6, 6.07) is 12.5. The fraction of sp³-hybridized carbons (Fsp3) is 0.227. The first-order chi connectivity index (χ1) is 15.8. The van der Waals surface area contributed by atoms with Gasteiger partial charge >= 0.3 is 6.18 Å². The lowest BCUT2D eigenvalue weighted by Crippen LogP contribution is -2.13. The van der Waals surface area contributed by atoms with Crippen LogP contribution in [-0.4, -0.2) is 35.5 Å². The molecule has 0 radical (unpaired) electrons. The largest absolute Gasteiger partial charge is 0.497 e. The maximum atomic E-state index is 13.4. The molecular formula is C22H18F3N3O4S. The van der Waals surface area contributed by atoms with Gasteiger partial charge in [0, 0.05) is 23.4 Å². The molecule has 2 aromatic carbocycles. The summed E-state index contributed by atoms with van der Waals surface area (Å²) in [4.78, 5) is 20.1. The summed E-state index contributed by atoms with van der Waals surface area (Å²) in [7, 11) is 1.54. The van der Waals surface area contributed by atoms with Crippen molar-refractivity contribution >= 4 is 23.4 Å². The van der Waals surface area contributed by atoms with Crippen LogP contribution >= 0.6 is 11.8 Å². The van der Waals surface area contributed by atoms with E-state index in [2.05, 4.69) is 15.3 Å². The van der Waals surface area contributed by atoms with Gasteiger partial charge in [-0.05, 0) is 48.5 Å². The van der Waals surface area contributed by atoms with E-state index in [-0.39, 0.29) is 35.7 Å². The summed E-state index contributed by atoms with van der Waals surface area (Å²) in [5, 5.41) is 2.65. The topological polar surface area (TPSA) is 82.6 Å². The van der Waals surface area contributed by atoms with Crippen molar-refractivity contribution in [2.24, 2.45) is 0 Å². The molecule has 0 saturated carbocycles. The number of benzene rings is 2. The van der Waals surface area contributed by atoms with Crippen molar-refractivity contribution in [3.63, 3.8) is 0 Å². The molecule has 1 aromatic heterocycles. The Morgan fingerprint density at radius 3 is 2.58 bits per heavy atom. The van der Waals surface area contributed by atoms with Gasteiger partial charge < -0.3 is 19.5 Å². The van der Waals surface area contributed by atoms with Crippen molar-refractivity contribution in [3.05, 3.63) is 54.2 Å². The molecule has 172 valence electrons. The third-order valence-corrected chi connectivity index (χ3v) is 5.45. The minimum atomic E-state index is -4.64. The van der Waals surface area contributed by atoms with E-state index < -0.39 is 11.9 Å². The van der Waals surface area contributed by atoms with E-state index >= 15 is 0 Å². The molecule has 1 amide bonds. The van der Waals surface area contributed by atoms with Crippen molar-refractivity contribution in [1.82, 2.24) is 9.97 Å². The molecule has 0 aliphatic carbocycles. The number of aromatic nitrogens is 2. The van der Waals surface area contributed by atoms with Crippen LogP contribution in [0, 0.1) is 0 Å². The second-order valence-electron chi connectivity index (χ2n) is 6.86. The van der Waals surface area contributed by atoms with Crippen LogP contribution in [0.5, 0.6) is 17.2 Å². The lowest BCUT2D eigenvalue weighted by molar-refractivity contribution is -0.141. The van der Waals surface area contributed by atoms with Crippen molar-refractivity contribution in [2.75, 3.05) is 25.0 Å². The van der Waals surface area contributed by atoms with E-state index in [1.54, 1.807) is 49.6 Å².